The highest BCUT2D eigenvalue weighted by Gasteiger charge is 2.21. The van der Waals surface area contributed by atoms with Crippen molar-refractivity contribution in [3.05, 3.63) is 29.8 Å². The van der Waals surface area contributed by atoms with Crippen molar-refractivity contribution < 1.29 is 4.79 Å². The summed E-state index contributed by atoms with van der Waals surface area (Å²) in [5.74, 6) is 0.931. The fourth-order valence-electron chi connectivity index (χ4n) is 4.05. The summed E-state index contributed by atoms with van der Waals surface area (Å²) in [7, 11) is 1.96. The largest absolute Gasteiger partial charge is 0.371 e. The third-order valence-electron chi connectivity index (χ3n) is 5.46. The maximum absolute atomic E-state index is 12.6. The first-order chi connectivity index (χ1) is 11.2. The van der Waals surface area contributed by atoms with Crippen LogP contribution in [0.1, 0.15) is 56.9 Å². The monoisotopic (exact) mass is 314 g/mol. The summed E-state index contributed by atoms with van der Waals surface area (Å²) in [6, 6.07) is 8.59. The molecule has 1 aliphatic carbocycles. The summed E-state index contributed by atoms with van der Waals surface area (Å²) in [6.45, 7) is 3.03. The Morgan fingerprint density at radius 2 is 1.78 bits per heavy atom. The summed E-state index contributed by atoms with van der Waals surface area (Å²) >= 11 is 0. The average Bonchev–Trinajstić information content (AvgIpc) is 3.10. The lowest BCUT2D eigenvalue weighted by molar-refractivity contribution is -0.131. The minimum absolute atomic E-state index is 0.313. The van der Waals surface area contributed by atoms with Crippen molar-refractivity contribution in [2.75, 3.05) is 25.0 Å². The van der Waals surface area contributed by atoms with E-state index in [4.69, 9.17) is 0 Å². The molecule has 0 aromatic heterocycles. The zero-order valence-corrected chi connectivity index (χ0v) is 14.5. The summed E-state index contributed by atoms with van der Waals surface area (Å²) in [5, 5.41) is 0. The second-order valence-electron chi connectivity index (χ2n) is 7.28. The van der Waals surface area contributed by atoms with Gasteiger partial charge in [-0.25, -0.2) is 0 Å². The van der Waals surface area contributed by atoms with E-state index in [1.807, 2.05) is 11.9 Å². The van der Waals surface area contributed by atoms with E-state index in [0.717, 1.165) is 26.1 Å². The van der Waals surface area contributed by atoms with Crippen LogP contribution < -0.4 is 4.90 Å². The van der Waals surface area contributed by atoms with Crippen LogP contribution in [0.25, 0.3) is 0 Å². The van der Waals surface area contributed by atoms with Crippen LogP contribution >= 0.6 is 0 Å². The van der Waals surface area contributed by atoms with Gasteiger partial charge in [-0.2, -0.15) is 0 Å². The molecule has 3 nitrogen and oxygen atoms in total. The molecule has 1 aromatic carbocycles. The van der Waals surface area contributed by atoms with Gasteiger partial charge in [-0.15, -0.1) is 0 Å². The summed E-state index contributed by atoms with van der Waals surface area (Å²) in [6.07, 6.45) is 9.74. The maximum Gasteiger partial charge on any atom is 0.222 e. The molecule has 0 atom stereocenters. The lowest BCUT2D eigenvalue weighted by Gasteiger charge is -2.26. The smallest absolute Gasteiger partial charge is 0.222 e. The SMILES string of the molecule is CN(Cc1ccccc1N1CCCC1)C(=O)CC1CCCCC1. The van der Waals surface area contributed by atoms with Crippen molar-refractivity contribution in [3.8, 4) is 0 Å². The average molecular weight is 314 g/mol. The Hall–Kier alpha value is -1.51. The van der Waals surface area contributed by atoms with Gasteiger partial charge in [0.2, 0.25) is 5.91 Å². The van der Waals surface area contributed by atoms with E-state index in [1.165, 1.54) is 56.2 Å². The van der Waals surface area contributed by atoms with E-state index in [1.54, 1.807) is 0 Å². The molecule has 1 saturated carbocycles. The van der Waals surface area contributed by atoms with Crippen molar-refractivity contribution >= 4 is 11.6 Å². The van der Waals surface area contributed by atoms with Gasteiger partial charge < -0.3 is 9.80 Å². The first kappa shape index (κ1) is 16.4. The van der Waals surface area contributed by atoms with Crippen molar-refractivity contribution in [2.45, 2.75) is 57.9 Å². The number of para-hydroxylation sites is 1. The number of carbonyl (C=O) groups is 1. The van der Waals surface area contributed by atoms with Crippen LogP contribution in [0, 0.1) is 5.92 Å². The standard InChI is InChI=1S/C20H30N2O/c1-21(20(23)15-17-9-3-2-4-10-17)16-18-11-5-6-12-19(18)22-13-7-8-14-22/h5-6,11-12,17H,2-4,7-10,13-16H2,1H3. The Morgan fingerprint density at radius 3 is 2.52 bits per heavy atom. The highest BCUT2D eigenvalue weighted by Crippen LogP contribution is 2.28. The summed E-state index contributed by atoms with van der Waals surface area (Å²) in [5.41, 5.74) is 2.61. The second-order valence-corrected chi connectivity index (χ2v) is 7.28. The zero-order chi connectivity index (χ0) is 16.1. The van der Waals surface area contributed by atoms with E-state index < -0.39 is 0 Å². The second kappa shape index (κ2) is 7.85. The van der Waals surface area contributed by atoms with Gasteiger partial charge in [0.1, 0.15) is 0 Å². The van der Waals surface area contributed by atoms with E-state index in [0.29, 0.717) is 11.8 Å². The third kappa shape index (κ3) is 4.27. The van der Waals surface area contributed by atoms with Crippen molar-refractivity contribution in [2.24, 2.45) is 5.92 Å². The number of nitrogens with zero attached hydrogens (tertiary/aromatic N) is 2. The maximum atomic E-state index is 12.6. The van der Waals surface area contributed by atoms with Crippen LogP contribution in [-0.2, 0) is 11.3 Å². The van der Waals surface area contributed by atoms with Crippen LogP contribution in [-0.4, -0.2) is 30.9 Å². The Bertz CT molecular complexity index is 516. The molecular formula is C20H30N2O. The van der Waals surface area contributed by atoms with Gasteiger partial charge in [0, 0.05) is 38.8 Å². The normalized spacial score (nSPS) is 19.1. The number of rotatable bonds is 5. The molecule has 3 rings (SSSR count). The van der Waals surface area contributed by atoms with Crippen LogP contribution in [0.3, 0.4) is 0 Å². The number of carbonyl (C=O) groups excluding carboxylic acids is 1. The molecule has 0 N–H and O–H groups in total. The number of anilines is 1. The molecule has 0 spiro atoms. The molecule has 0 radical (unpaired) electrons. The van der Waals surface area contributed by atoms with Crippen LogP contribution in [0.4, 0.5) is 5.69 Å². The number of amides is 1. The Balaban J connectivity index is 1.60. The summed E-state index contributed by atoms with van der Waals surface area (Å²) in [4.78, 5) is 17.0. The van der Waals surface area contributed by atoms with E-state index in [9.17, 15) is 4.79 Å². The van der Waals surface area contributed by atoms with Crippen LogP contribution in [0.5, 0.6) is 0 Å². The fraction of sp³-hybridized carbons (Fsp3) is 0.650. The molecule has 1 saturated heterocycles. The van der Waals surface area contributed by atoms with Gasteiger partial charge in [0.05, 0.1) is 0 Å². The van der Waals surface area contributed by atoms with Crippen molar-refractivity contribution in [3.63, 3.8) is 0 Å². The zero-order valence-electron chi connectivity index (χ0n) is 14.5. The molecular weight excluding hydrogens is 284 g/mol. The van der Waals surface area contributed by atoms with Gasteiger partial charge in [0.15, 0.2) is 0 Å². The minimum Gasteiger partial charge on any atom is -0.371 e. The molecule has 23 heavy (non-hydrogen) atoms. The van der Waals surface area contributed by atoms with Gasteiger partial charge in [-0.3, -0.25) is 4.79 Å². The number of hydrogen-bond acceptors (Lipinski definition) is 2. The molecule has 3 heteroatoms. The van der Waals surface area contributed by atoms with Crippen molar-refractivity contribution in [1.29, 1.82) is 0 Å². The molecule has 0 unspecified atom stereocenters. The number of hydrogen-bond donors (Lipinski definition) is 0. The first-order valence-electron chi connectivity index (χ1n) is 9.31. The lowest BCUT2D eigenvalue weighted by atomic mass is 9.86. The van der Waals surface area contributed by atoms with E-state index in [-0.39, 0.29) is 0 Å². The topological polar surface area (TPSA) is 23.6 Å². The molecule has 1 heterocycles. The minimum atomic E-state index is 0.313. The van der Waals surface area contributed by atoms with E-state index in [2.05, 4.69) is 29.2 Å². The van der Waals surface area contributed by atoms with E-state index >= 15 is 0 Å². The predicted molar refractivity (Wildman–Crippen MR) is 95.6 cm³/mol. The lowest BCUT2D eigenvalue weighted by Crippen LogP contribution is -2.29. The van der Waals surface area contributed by atoms with Crippen molar-refractivity contribution in [1.82, 2.24) is 4.90 Å². The third-order valence-corrected chi connectivity index (χ3v) is 5.46. The Labute approximate surface area is 140 Å². The fourth-order valence-corrected chi connectivity index (χ4v) is 4.05. The molecule has 126 valence electrons. The Morgan fingerprint density at radius 1 is 1.09 bits per heavy atom. The molecule has 2 fully saturated rings. The van der Waals surface area contributed by atoms with Crippen LogP contribution in [0.15, 0.2) is 24.3 Å². The predicted octanol–water partition coefficient (Wildman–Crippen LogP) is 4.22. The van der Waals surface area contributed by atoms with Gasteiger partial charge in [-0.1, -0.05) is 37.5 Å². The van der Waals surface area contributed by atoms with Gasteiger partial charge in [-0.05, 0) is 43.2 Å². The molecule has 1 aromatic rings. The highest BCUT2D eigenvalue weighted by molar-refractivity contribution is 5.76. The first-order valence-corrected chi connectivity index (χ1v) is 9.31. The summed E-state index contributed by atoms with van der Waals surface area (Å²) < 4.78 is 0. The molecule has 1 amide bonds. The Kier molecular flexibility index (Phi) is 5.58. The molecule has 0 bridgehead atoms. The molecule has 2 aliphatic rings. The van der Waals surface area contributed by atoms with Gasteiger partial charge >= 0.3 is 0 Å². The highest BCUT2D eigenvalue weighted by atomic mass is 16.2. The quantitative estimate of drug-likeness (QED) is 0.812. The van der Waals surface area contributed by atoms with Gasteiger partial charge in [0.25, 0.3) is 0 Å². The molecule has 1 aliphatic heterocycles. The number of benzene rings is 1. The van der Waals surface area contributed by atoms with Crippen LogP contribution in [0.2, 0.25) is 0 Å².